The van der Waals surface area contributed by atoms with Gasteiger partial charge in [0.2, 0.25) is 0 Å². The maximum Gasteiger partial charge on any atom is 0.254 e. The standard InChI is InChI=1S/C17H23FN2O/c1-12(2)6-7-13(3)20-17(21)15-11-14(5-4-10-19)8-9-16(15)18/h8-9,11-13H,6-7,10,19H2,1-3H3,(H,20,21). The molecule has 1 aromatic carbocycles. The molecule has 114 valence electrons. The van der Waals surface area contributed by atoms with Gasteiger partial charge in [-0.1, -0.05) is 25.7 Å². The van der Waals surface area contributed by atoms with Gasteiger partial charge in [0.1, 0.15) is 5.82 Å². The number of carbonyl (C=O) groups excluding carboxylic acids is 1. The Morgan fingerprint density at radius 2 is 2.05 bits per heavy atom. The second kappa shape index (κ2) is 8.43. The minimum absolute atomic E-state index is 0.0121. The number of carbonyl (C=O) groups is 1. The van der Waals surface area contributed by atoms with Gasteiger partial charge in [-0.3, -0.25) is 4.79 Å². The summed E-state index contributed by atoms with van der Waals surface area (Å²) < 4.78 is 13.8. The van der Waals surface area contributed by atoms with Gasteiger partial charge in [-0.2, -0.15) is 0 Å². The van der Waals surface area contributed by atoms with Gasteiger partial charge in [-0.05, 0) is 43.9 Å². The first kappa shape index (κ1) is 17.2. The van der Waals surface area contributed by atoms with Crippen LogP contribution in [0.25, 0.3) is 0 Å². The molecule has 0 saturated carbocycles. The van der Waals surface area contributed by atoms with E-state index in [0.29, 0.717) is 11.5 Å². The quantitative estimate of drug-likeness (QED) is 0.819. The third-order valence-corrected chi connectivity index (χ3v) is 3.10. The lowest BCUT2D eigenvalue weighted by Gasteiger charge is -2.15. The monoisotopic (exact) mass is 290 g/mol. The smallest absolute Gasteiger partial charge is 0.254 e. The molecule has 0 spiro atoms. The van der Waals surface area contributed by atoms with Crippen LogP contribution in [-0.4, -0.2) is 18.5 Å². The number of benzene rings is 1. The van der Waals surface area contributed by atoms with Gasteiger partial charge in [-0.25, -0.2) is 4.39 Å². The van der Waals surface area contributed by atoms with Gasteiger partial charge in [0, 0.05) is 11.6 Å². The summed E-state index contributed by atoms with van der Waals surface area (Å²) in [6.07, 6.45) is 1.89. The Hall–Kier alpha value is -1.86. The highest BCUT2D eigenvalue weighted by Crippen LogP contribution is 2.12. The van der Waals surface area contributed by atoms with Crippen LogP contribution >= 0.6 is 0 Å². The van der Waals surface area contributed by atoms with Crippen molar-refractivity contribution in [3.8, 4) is 11.8 Å². The molecule has 0 saturated heterocycles. The van der Waals surface area contributed by atoms with Crippen molar-refractivity contribution in [1.82, 2.24) is 5.32 Å². The number of rotatable bonds is 5. The van der Waals surface area contributed by atoms with Crippen LogP contribution in [0.1, 0.15) is 49.5 Å². The molecule has 0 aliphatic heterocycles. The maximum atomic E-state index is 13.8. The topological polar surface area (TPSA) is 55.1 Å². The molecule has 0 radical (unpaired) electrons. The lowest BCUT2D eigenvalue weighted by Crippen LogP contribution is -2.33. The Morgan fingerprint density at radius 3 is 2.67 bits per heavy atom. The summed E-state index contributed by atoms with van der Waals surface area (Å²) in [7, 11) is 0. The maximum absolute atomic E-state index is 13.8. The molecule has 1 aromatic rings. The number of nitrogens with two attached hydrogens (primary N) is 1. The summed E-state index contributed by atoms with van der Waals surface area (Å²) in [5.74, 6) is 5.12. The molecule has 0 aromatic heterocycles. The van der Waals surface area contributed by atoms with Crippen molar-refractivity contribution in [1.29, 1.82) is 0 Å². The molecular formula is C17H23FN2O. The van der Waals surface area contributed by atoms with Crippen molar-refractivity contribution in [3.63, 3.8) is 0 Å². The average molecular weight is 290 g/mol. The zero-order chi connectivity index (χ0) is 15.8. The van der Waals surface area contributed by atoms with Crippen molar-refractivity contribution in [2.75, 3.05) is 6.54 Å². The first-order valence-corrected chi connectivity index (χ1v) is 7.23. The molecule has 4 heteroatoms. The third kappa shape index (κ3) is 5.97. The Kier molecular flexibility index (Phi) is 6.90. The number of halogens is 1. The van der Waals surface area contributed by atoms with Crippen LogP contribution in [0.4, 0.5) is 4.39 Å². The molecule has 0 bridgehead atoms. The third-order valence-electron chi connectivity index (χ3n) is 3.10. The van der Waals surface area contributed by atoms with Crippen molar-refractivity contribution >= 4 is 5.91 Å². The van der Waals surface area contributed by atoms with E-state index in [9.17, 15) is 9.18 Å². The summed E-state index contributed by atoms with van der Waals surface area (Å²) in [5.41, 5.74) is 5.91. The summed E-state index contributed by atoms with van der Waals surface area (Å²) >= 11 is 0. The normalized spacial score (nSPS) is 11.7. The van der Waals surface area contributed by atoms with Gasteiger partial charge in [0.15, 0.2) is 0 Å². The first-order chi connectivity index (χ1) is 9.93. The Labute approximate surface area is 126 Å². The summed E-state index contributed by atoms with van der Waals surface area (Å²) in [6, 6.07) is 4.27. The number of amides is 1. The molecule has 0 heterocycles. The molecule has 1 unspecified atom stereocenters. The van der Waals surface area contributed by atoms with Crippen LogP contribution in [0.15, 0.2) is 18.2 Å². The molecule has 21 heavy (non-hydrogen) atoms. The van der Waals surface area contributed by atoms with Gasteiger partial charge in [0.25, 0.3) is 5.91 Å². The summed E-state index contributed by atoms with van der Waals surface area (Å²) in [5, 5.41) is 2.82. The molecular weight excluding hydrogens is 267 g/mol. The fourth-order valence-corrected chi connectivity index (χ4v) is 1.89. The predicted octanol–water partition coefficient (Wildman–Crippen LogP) is 2.69. The molecule has 3 N–H and O–H groups in total. The molecule has 3 nitrogen and oxygen atoms in total. The Morgan fingerprint density at radius 1 is 1.33 bits per heavy atom. The van der Waals surface area contributed by atoms with Crippen molar-refractivity contribution < 1.29 is 9.18 Å². The van der Waals surface area contributed by atoms with Crippen LogP contribution in [0.5, 0.6) is 0 Å². The predicted molar refractivity (Wildman–Crippen MR) is 83.3 cm³/mol. The van der Waals surface area contributed by atoms with Crippen LogP contribution in [0.2, 0.25) is 0 Å². The van der Waals surface area contributed by atoms with Crippen LogP contribution in [-0.2, 0) is 0 Å². The van der Waals surface area contributed by atoms with Gasteiger partial charge in [0.05, 0.1) is 12.1 Å². The zero-order valence-corrected chi connectivity index (χ0v) is 12.9. The average Bonchev–Trinajstić information content (AvgIpc) is 2.44. The van der Waals surface area contributed by atoms with E-state index >= 15 is 0 Å². The second-order valence-electron chi connectivity index (χ2n) is 5.55. The van der Waals surface area contributed by atoms with Crippen molar-refractivity contribution in [3.05, 3.63) is 35.1 Å². The summed E-state index contributed by atoms with van der Waals surface area (Å²) in [4.78, 5) is 12.1. The largest absolute Gasteiger partial charge is 0.349 e. The minimum Gasteiger partial charge on any atom is -0.349 e. The molecule has 1 rings (SSSR count). The fourth-order valence-electron chi connectivity index (χ4n) is 1.89. The van der Waals surface area contributed by atoms with Gasteiger partial charge < -0.3 is 11.1 Å². The number of hydrogen-bond acceptors (Lipinski definition) is 2. The molecule has 0 aliphatic rings. The fraction of sp³-hybridized carbons (Fsp3) is 0.471. The lowest BCUT2D eigenvalue weighted by molar-refractivity contribution is 0.0933. The van der Waals surface area contributed by atoms with E-state index in [1.54, 1.807) is 0 Å². The number of hydrogen-bond donors (Lipinski definition) is 2. The summed E-state index contributed by atoms with van der Waals surface area (Å²) in [6.45, 7) is 6.42. The van der Waals surface area contributed by atoms with Crippen LogP contribution in [0.3, 0.4) is 0 Å². The second-order valence-corrected chi connectivity index (χ2v) is 5.55. The van der Waals surface area contributed by atoms with Crippen LogP contribution in [0, 0.1) is 23.6 Å². The van der Waals surface area contributed by atoms with Gasteiger partial charge >= 0.3 is 0 Å². The Bertz CT molecular complexity index is 543. The molecule has 0 fully saturated rings. The van der Waals surface area contributed by atoms with Crippen molar-refractivity contribution in [2.24, 2.45) is 11.7 Å². The highest BCUT2D eigenvalue weighted by Gasteiger charge is 2.14. The lowest BCUT2D eigenvalue weighted by atomic mass is 10.0. The Balaban J connectivity index is 2.77. The highest BCUT2D eigenvalue weighted by atomic mass is 19.1. The van der Waals surface area contributed by atoms with E-state index in [4.69, 9.17) is 5.73 Å². The molecule has 1 atom stereocenters. The van der Waals surface area contributed by atoms with Crippen LogP contribution < -0.4 is 11.1 Å². The van der Waals surface area contributed by atoms with E-state index < -0.39 is 11.7 Å². The highest BCUT2D eigenvalue weighted by molar-refractivity contribution is 5.95. The minimum atomic E-state index is -0.540. The van der Waals surface area contributed by atoms with E-state index in [1.807, 2.05) is 6.92 Å². The van der Waals surface area contributed by atoms with E-state index in [-0.39, 0.29) is 18.2 Å². The van der Waals surface area contributed by atoms with Crippen molar-refractivity contribution in [2.45, 2.75) is 39.7 Å². The molecule has 1 amide bonds. The van der Waals surface area contributed by atoms with E-state index in [1.165, 1.54) is 18.2 Å². The zero-order valence-electron chi connectivity index (χ0n) is 12.9. The SMILES string of the molecule is CC(C)CCC(C)NC(=O)c1cc(C#CCN)ccc1F. The number of nitrogens with one attached hydrogen (secondary N) is 1. The van der Waals surface area contributed by atoms with E-state index in [2.05, 4.69) is 31.0 Å². The van der Waals surface area contributed by atoms with Gasteiger partial charge in [-0.15, -0.1) is 0 Å². The molecule has 0 aliphatic carbocycles. The first-order valence-electron chi connectivity index (χ1n) is 7.23. The van der Waals surface area contributed by atoms with E-state index in [0.717, 1.165) is 12.8 Å².